The maximum atomic E-state index is 12.5. The molecule has 8 aromatic carbocycles. The predicted octanol–water partition coefficient (Wildman–Crippen LogP) is 21.6. The van der Waals surface area contributed by atoms with Crippen LogP contribution in [0.3, 0.4) is 0 Å². The minimum absolute atomic E-state index is 0.0106. The number of hydrogen-bond donors (Lipinski definition) is 7. The van der Waals surface area contributed by atoms with Gasteiger partial charge >= 0.3 is 17.9 Å². The molecule has 4 amide bonds. The number of hydrogen-bond acceptors (Lipinski definition) is 25. The summed E-state index contributed by atoms with van der Waals surface area (Å²) in [5.41, 5.74) is 21.2. The number of carbonyl (C=O) groups is 9. The van der Waals surface area contributed by atoms with Crippen LogP contribution in [0.2, 0.25) is 40.2 Å². The Morgan fingerprint density at radius 2 is 0.733 bits per heavy atom. The average molecular weight is 1880 g/mol. The number of carboxylic acid groups (broad SMARTS) is 1. The second-order valence-electron chi connectivity index (χ2n) is 22.7. The topological polar surface area (TPSA) is 331 Å². The first-order chi connectivity index (χ1) is 55.3. The number of thiazole rings is 3. The van der Waals surface area contributed by atoms with Crippen LogP contribution in [-0.4, -0.2) is 101 Å². The van der Waals surface area contributed by atoms with E-state index in [9.17, 15) is 43.2 Å². The molecule has 0 saturated carbocycles. The van der Waals surface area contributed by atoms with E-state index in [0.717, 1.165) is 51.1 Å². The van der Waals surface area contributed by atoms with Gasteiger partial charge < -0.3 is 42.0 Å². The molecule has 21 nitrogen and oxygen atoms in total. The molecule has 3 aliphatic heterocycles. The Morgan fingerprint density at radius 3 is 1.03 bits per heavy atom. The van der Waals surface area contributed by atoms with Crippen LogP contribution >= 0.6 is 199 Å². The number of ether oxygens (including phenoxy) is 2. The Bertz CT molecular complexity index is 5610. The van der Waals surface area contributed by atoms with E-state index in [1.165, 1.54) is 103 Å². The number of carboxylic acids is 1. The molecule has 0 unspecified atom stereocenters. The second kappa shape index (κ2) is 44.9. The van der Waals surface area contributed by atoms with Crippen molar-refractivity contribution in [2.24, 2.45) is 0 Å². The van der Waals surface area contributed by atoms with Crippen LogP contribution in [0.5, 0.6) is 0 Å². The number of amides is 4. The molecule has 38 heteroatoms. The quantitative estimate of drug-likeness (QED) is 0.0185. The van der Waals surface area contributed by atoms with Crippen LogP contribution in [0, 0.1) is 0 Å². The number of anilines is 3. The van der Waals surface area contributed by atoms with E-state index in [-0.39, 0.29) is 40.9 Å². The molecule has 3 saturated heterocycles. The summed E-state index contributed by atoms with van der Waals surface area (Å²) in [6.07, 6.45) is 5.84. The third-order valence-electron chi connectivity index (χ3n) is 14.7. The number of carbonyl (C=O) groups excluding carboxylic acids is 8. The van der Waals surface area contributed by atoms with E-state index in [1.54, 1.807) is 158 Å². The molecule has 0 radical (unpaired) electrons. The Balaban J connectivity index is 0.000000174. The number of Topliss-reactive ketones (excluding diaryl/α,β-unsaturated/α-hetero) is 1. The number of halogens is 8. The van der Waals surface area contributed by atoms with Gasteiger partial charge in [-0.15, -0.1) is 34.0 Å². The Hall–Kier alpha value is -9.26. The lowest BCUT2D eigenvalue weighted by atomic mass is 10.1. The van der Waals surface area contributed by atoms with Crippen molar-refractivity contribution in [3.8, 4) is 33.8 Å². The Morgan fingerprint density at radius 1 is 0.422 bits per heavy atom. The number of aldehydes is 1. The van der Waals surface area contributed by atoms with Crippen LogP contribution in [0.25, 0.3) is 52.0 Å². The molecule has 6 heterocycles. The first-order valence-corrected chi connectivity index (χ1v) is 41.6. The highest BCUT2D eigenvalue weighted by Gasteiger charge is 2.25. The molecule has 0 spiro atoms. The van der Waals surface area contributed by atoms with Gasteiger partial charge in [-0.2, -0.15) is 0 Å². The summed E-state index contributed by atoms with van der Waals surface area (Å²) >= 11 is 69.1. The van der Waals surface area contributed by atoms with Gasteiger partial charge in [0, 0.05) is 49.5 Å². The SMILES string of the molecule is CC(=O)c1ccc(Cl)c(Cl)c1.COC(=O)c1ccc(/C=C2\SC(=S)NC2=O)cc1.COC(=O)c1ccc(C=O)cc1.Nc1nc(-c2ccc(Cl)c(Cl)c2)cs1.Nc1nc(-c2ccc(Cl)c(Cl)c2)cs1.O=C1NC(=S)S/C1=C\c1ccc(C(=O)Nc2nc(-c3ccc(Cl)c(Cl)c3)cs2)cc1.O=C1NC(=S)S/C1=C\c1ccc(C(=O)O)cc1. The van der Waals surface area contributed by atoms with Crippen molar-refractivity contribution in [1.82, 2.24) is 30.9 Å². The number of aromatic carboxylic acids is 1. The smallest absolute Gasteiger partial charge is 0.337 e. The molecule has 14 rings (SSSR count). The van der Waals surface area contributed by atoms with Gasteiger partial charge in [-0.25, -0.2) is 29.3 Å². The predicted molar refractivity (Wildman–Crippen MR) is 486 cm³/mol. The van der Waals surface area contributed by atoms with Gasteiger partial charge in [-0.3, -0.25) is 34.1 Å². The lowest BCUT2D eigenvalue weighted by Crippen LogP contribution is -2.17. The van der Waals surface area contributed by atoms with Crippen LogP contribution in [0.4, 0.5) is 15.4 Å². The molecule has 9 N–H and O–H groups in total. The number of nitrogens with zero attached hydrogens (tertiary/aromatic N) is 3. The van der Waals surface area contributed by atoms with Crippen molar-refractivity contribution < 1.29 is 57.7 Å². The van der Waals surface area contributed by atoms with Crippen LogP contribution in [0.15, 0.2) is 201 Å². The maximum Gasteiger partial charge on any atom is 0.337 e. The van der Waals surface area contributed by atoms with E-state index in [2.05, 4.69) is 45.7 Å². The minimum atomic E-state index is -0.974. The molecule has 0 aliphatic carbocycles. The summed E-state index contributed by atoms with van der Waals surface area (Å²) in [6.45, 7) is 1.49. The fraction of sp³-hybridized carbons (Fsp3) is 0.0385. The highest BCUT2D eigenvalue weighted by atomic mass is 35.5. The molecular weight excluding hydrogens is 1830 g/mol. The molecule has 592 valence electrons. The highest BCUT2D eigenvalue weighted by Crippen LogP contribution is 2.35. The van der Waals surface area contributed by atoms with E-state index < -0.39 is 11.9 Å². The fourth-order valence-corrected chi connectivity index (χ4v) is 15.2. The van der Waals surface area contributed by atoms with E-state index in [0.29, 0.717) is 117 Å². The lowest BCUT2D eigenvalue weighted by molar-refractivity contribution is -0.116. The second-order valence-corrected chi connectivity index (χ2v) is 33.7. The Labute approximate surface area is 742 Å². The number of nitrogens with one attached hydrogen (secondary N) is 4. The lowest BCUT2D eigenvalue weighted by Gasteiger charge is -2.03. The number of nitrogens with two attached hydrogens (primary N) is 2. The number of thiocarbonyl (C=S) groups is 3. The van der Waals surface area contributed by atoms with Gasteiger partial charge in [0.2, 0.25) is 0 Å². The largest absolute Gasteiger partial charge is 0.478 e. The zero-order valence-electron chi connectivity index (χ0n) is 59.3. The van der Waals surface area contributed by atoms with Crippen LogP contribution in [-0.2, 0) is 23.9 Å². The molecule has 11 aromatic rings. The third-order valence-corrected chi connectivity index (χ3v) is 23.2. The number of rotatable bonds is 13. The van der Waals surface area contributed by atoms with Gasteiger partial charge in [-0.1, -0.05) is 231 Å². The van der Waals surface area contributed by atoms with Crippen molar-refractivity contribution in [2.75, 3.05) is 31.0 Å². The molecule has 3 fully saturated rings. The number of nitrogen functional groups attached to an aromatic ring is 2. The van der Waals surface area contributed by atoms with Gasteiger partial charge in [0.1, 0.15) is 19.2 Å². The standard InChI is InChI=1S/C20H11Cl2N3O2S3.C12H9NO3S2.C11H7NO3S2.2C9H6Cl2N2S.C9H8O3.C8H6Cl2O/c21-13-6-5-12(8-14(13)22)15-9-29-19(23-15)24-17(26)11-3-1-10(2-4-11)7-16-18(27)25-20(28)30-16;1-16-11(15)8-4-2-7(3-5-8)6-9-10(14)13-12(17)18-9;13-9-8(17-11(16)12-9)5-6-1-3-7(4-2-6)10(14)15;2*10-6-2-1-5(3-7(6)11)8-4-14-9(12)13-8;1-12-9(11)8-4-2-7(6-10)3-5-8;1-5(11)6-2-3-7(9)8(10)4-6/h1-9H,(H,23,24,26)(H,25,27,28);2-6H,1H3,(H,13,14,17);1-5H,(H,14,15)(H,12,13,16);2*1-4H,(H2,12,13);2-6H,1H3;2-4H,1H3/b16-7-;9-6-;8-5-;;;;. The number of methoxy groups -OCH3 is 2. The van der Waals surface area contributed by atoms with Crippen molar-refractivity contribution in [2.45, 2.75) is 6.92 Å². The van der Waals surface area contributed by atoms with Crippen molar-refractivity contribution in [3.05, 3.63) is 291 Å². The number of ketones is 1. The highest BCUT2D eigenvalue weighted by molar-refractivity contribution is 8.27. The summed E-state index contributed by atoms with van der Waals surface area (Å²) in [5, 5.41) is 30.2. The van der Waals surface area contributed by atoms with Crippen LogP contribution in [0.1, 0.15) is 85.8 Å². The van der Waals surface area contributed by atoms with Crippen molar-refractivity contribution in [3.63, 3.8) is 0 Å². The molecule has 3 aromatic heterocycles. The summed E-state index contributed by atoms with van der Waals surface area (Å²) < 4.78 is 10.4. The van der Waals surface area contributed by atoms with Gasteiger partial charge in [-0.05, 0) is 145 Å². The fourth-order valence-electron chi connectivity index (χ4n) is 8.97. The Kier molecular flexibility index (Phi) is 35.7. The van der Waals surface area contributed by atoms with E-state index in [1.807, 2.05) is 34.3 Å². The van der Waals surface area contributed by atoms with Crippen molar-refractivity contribution >= 4 is 299 Å². The molecule has 0 atom stereocenters. The normalized spacial score (nSPS) is 13.4. The summed E-state index contributed by atoms with van der Waals surface area (Å²) in [5.74, 6) is -2.67. The van der Waals surface area contributed by atoms with Gasteiger partial charge in [0.05, 0.1) is 103 Å². The van der Waals surface area contributed by atoms with Crippen molar-refractivity contribution in [1.29, 1.82) is 0 Å². The van der Waals surface area contributed by atoms with Gasteiger partial charge in [0.25, 0.3) is 23.6 Å². The molecular formula is C78H53Cl8N9O12S9. The molecule has 0 bridgehead atoms. The van der Waals surface area contributed by atoms with Gasteiger partial charge in [0.15, 0.2) is 21.2 Å². The molecule has 3 aliphatic rings. The van der Waals surface area contributed by atoms with E-state index >= 15 is 0 Å². The first-order valence-electron chi connectivity index (χ1n) is 32.3. The monoisotopic (exact) mass is 1870 g/mol. The number of thioether (sulfide) groups is 3. The summed E-state index contributed by atoms with van der Waals surface area (Å²) in [7, 11) is 2.65. The van der Waals surface area contributed by atoms with E-state index in [4.69, 9.17) is 146 Å². The average Bonchev–Trinajstić information content (AvgIpc) is 1.67. The number of esters is 2. The number of aromatic nitrogens is 3. The van der Waals surface area contributed by atoms with Crippen LogP contribution < -0.4 is 32.7 Å². The zero-order valence-corrected chi connectivity index (χ0v) is 72.7. The third kappa shape index (κ3) is 28.3. The first kappa shape index (κ1) is 92.3. The summed E-state index contributed by atoms with van der Waals surface area (Å²) in [4.78, 5) is 115. The molecule has 116 heavy (non-hydrogen) atoms. The number of benzene rings is 8. The zero-order chi connectivity index (χ0) is 84.4. The maximum absolute atomic E-state index is 12.5. The summed E-state index contributed by atoms with van der Waals surface area (Å²) in [6, 6.07) is 47.0. The minimum Gasteiger partial charge on any atom is -0.478 e.